The number of nitrogens with two attached hydrogens (primary N) is 1. The van der Waals surface area contributed by atoms with Crippen molar-refractivity contribution in [1.29, 1.82) is 0 Å². The third-order valence-corrected chi connectivity index (χ3v) is 8.09. The van der Waals surface area contributed by atoms with E-state index in [1.807, 2.05) is 35.8 Å². The fourth-order valence-electron chi connectivity index (χ4n) is 5.85. The summed E-state index contributed by atoms with van der Waals surface area (Å²) < 4.78 is 4.47. The maximum Gasteiger partial charge on any atom is 0.331 e. The lowest BCUT2D eigenvalue weighted by atomic mass is 9.93. The Morgan fingerprint density at radius 1 is 1.10 bits per heavy atom. The number of anilines is 1. The van der Waals surface area contributed by atoms with Crippen molar-refractivity contribution in [3.63, 3.8) is 0 Å². The van der Waals surface area contributed by atoms with Crippen molar-refractivity contribution in [3.05, 3.63) is 62.7 Å². The first-order valence-corrected chi connectivity index (χ1v) is 13.8. The molecule has 0 spiro atoms. The first-order chi connectivity index (χ1) is 18.9. The van der Waals surface area contributed by atoms with Gasteiger partial charge in [0.05, 0.1) is 17.6 Å². The number of carbonyl (C=O) groups excluding carboxylic acids is 1. The number of carbonyl (C=O) groups is 1. The molecule has 4 aromatic rings. The number of fused-ring (bicyclic) bond motifs is 2. The summed E-state index contributed by atoms with van der Waals surface area (Å²) in [6, 6.07) is 7.65. The van der Waals surface area contributed by atoms with Gasteiger partial charge in [0.1, 0.15) is 22.7 Å². The van der Waals surface area contributed by atoms with Crippen LogP contribution in [0.3, 0.4) is 0 Å². The molecule has 2 aliphatic rings. The minimum absolute atomic E-state index is 0.0323. The number of piperidine rings is 1. The largest absolute Gasteiger partial charge is 0.356 e. The van der Waals surface area contributed by atoms with Gasteiger partial charge in [0.15, 0.2) is 0 Å². The highest BCUT2D eigenvalue weighted by atomic mass is 16.2. The third-order valence-electron chi connectivity index (χ3n) is 8.09. The Morgan fingerprint density at radius 3 is 2.62 bits per heavy atom. The van der Waals surface area contributed by atoms with Gasteiger partial charge in [0.2, 0.25) is 0 Å². The molecule has 11 nitrogen and oxygen atoms in total. The molecule has 2 fully saturated rings. The highest BCUT2D eigenvalue weighted by Crippen LogP contribution is 2.33. The normalized spacial score (nSPS) is 18.0. The summed E-state index contributed by atoms with van der Waals surface area (Å²) in [4.78, 5) is 52.6. The Balaban J connectivity index is 1.56. The van der Waals surface area contributed by atoms with Crippen molar-refractivity contribution in [2.24, 2.45) is 12.8 Å². The molecule has 39 heavy (non-hydrogen) atoms. The number of aryl methyl sites for hydroxylation is 2. The summed E-state index contributed by atoms with van der Waals surface area (Å²) in [5.74, 6) is 0.773. The minimum atomic E-state index is -0.517. The third kappa shape index (κ3) is 4.30. The molecular formula is C28H34N8O3. The molecule has 6 rings (SSSR count). The van der Waals surface area contributed by atoms with Crippen molar-refractivity contribution >= 4 is 33.7 Å². The predicted octanol–water partition coefficient (Wildman–Crippen LogP) is 1.72. The number of para-hydroxylation sites is 1. The van der Waals surface area contributed by atoms with E-state index in [2.05, 4.69) is 20.2 Å². The zero-order valence-electron chi connectivity index (χ0n) is 22.4. The smallest absolute Gasteiger partial charge is 0.331 e. The summed E-state index contributed by atoms with van der Waals surface area (Å²) >= 11 is 0. The second-order valence-electron chi connectivity index (χ2n) is 10.7. The number of nitrogens with one attached hydrogen (secondary N) is 1. The van der Waals surface area contributed by atoms with Gasteiger partial charge in [-0.05, 0) is 45.1 Å². The number of hydrogen-bond donors (Lipinski definition) is 2. The fraction of sp³-hybridized carbons (Fsp3) is 0.464. The molecule has 0 bridgehead atoms. The van der Waals surface area contributed by atoms with E-state index in [1.165, 1.54) is 4.57 Å². The van der Waals surface area contributed by atoms with Crippen LogP contribution in [0.5, 0.6) is 0 Å². The Kier molecular flexibility index (Phi) is 6.46. The molecule has 1 amide bonds. The van der Waals surface area contributed by atoms with E-state index in [0.29, 0.717) is 41.3 Å². The van der Waals surface area contributed by atoms with Gasteiger partial charge in [0.25, 0.3) is 11.5 Å². The molecule has 1 aliphatic carbocycles. The van der Waals surface area contributed by atoms with Crippen LogP contribution >= 0.6 is 0 Å². The van der Waals surface area contributed by atoms with E-state index < -0.39 is 11.2 Å². The van der Waals surface area contributed by atoms with Crippen molar-refractivity contribution in [2.45, 2.75) is 64.2 Å². The molecule has 3 N–H and O–H groups in total. The molecule has 0 unspecified atom stereocenters. The van der Waals surface area contributed by atoms with E-state index in [0.717, 1.165) is 54.1 Å². The maximum atomic E-state index is 14.1. The number of rotatable bonds is 6. The van der Waals surface area contributed by atoms with Crippen LogP contribution < -0.4 is 27.2 Å². The van der Waals surface area contributed by atoms with Gasteiger partial charge >= 0.3 is 5.69 Å². The second kappa shape index (κ2) is 9.96. The first kappa shape index (κ1) is 25.3. The fourth-order valence-corrected chi connectivity index (χ4v) is 5.85. The lowest BCUT2D eigenvalue weighted by Gasteiger charge is -2.34. The average molecular weight is 531 g/mol. The van der Waals surface area contributed by atoms with Crippen LogP contribution in [0.15, 0.2) is 40.1 Å². The van der Waals surface area contributed by atoms with Gasteiger partial charge < -0.3 is 20.5 Å². The molecule has 1 saturated carbocycles. The number of nitrogens with zero attached hydrogens (tertiary/aromatic N) is 6. The van der Waals surface area contributed by atoms with Crippen molar-refractivity contribution < 1.29 is 4.79 Å². The van der Waals surface area contributed by atoms with Crippen LogP contribution in [-0.2, 0) is 20.1 Å². The first-order valence-electron chi connectivity index (χ1n) is 13.8. The highest BCUT2D eigenvalue weighted by molar-refractivity contribution is 6.11. The van der Waals surface area contributed by atoms with Gasteiger partial charge in [-0.1, -0.05) is 18.2 Å². The quantitative estimate of drug-likeness (QED) is 0.388. The molecule has 11 heteroatoms. The van der Waals surface area contributed by atoms with Gasteiger partial charge in [-0.3, -0.25) is 18.7 Å². The second-order valence-corrected chi connectivity index (χ2v) is 10.7. The molecule has 1 saturated heterocycles. The number of aromatic nitrogens is 5. The van der Waals surface area contributed by atoms with Crippen molar-refractivity contribution in [1.82, 2.24) is 29.0 Å². The maximum absolute atomic E-state index is 14.1. The zero-order valence-corrected chi connectivity index (χ0v) is 22.4. The van der Waals surface area contributed by atoms with Crippen molar-refractivity contribution in [2.75, 3.05) is 18.0 Å². The Labute approximate surface area is 225 Å². The van der Waals surface area contributed by atoms with Crippen LogP contribution in [0, 0.1) is 0 Å². The zero-order chi connectivity index (χ0) is 27.3. The monoisotopic (exact) mass is 530 g/mol. The number of benzene rings is 1. The number of amides is 1. The molecule has 204 valence electrons. The van der Waals surface area contributed by atoms with Crippen LogP contribution in [0.25, 0.3) is 21.9 Å². The summed E-state index contributed by atoms with van der Waals surface area (Å²) in [7, 11) is 1.62. The topological polar surface area (TPSA) is 133 Å². The Morgan fingerprint density at radius 2 is 1.90 bits per heavy atom. The molecule has 0 radical (unpaired) electrons. The van der Waals surface area contributed by atoms with Crippen molar-refractivity contribution in [3.8, 4) is 0 Å². The Bertz CT molecular complexity index is 1700. The van der Waals surface area contributed by atoms with E-state index in [4.69, 9.17) is 5.73 Å². The van der Waals surface area contributed by atoms with E-state index in [-0.39, 0.29) is 24.5 Å². The summed E-state index contributed by atoms with van der Waals surface area (Å²) in [5.41, 5.74) is 7.15. The molecule has 4 heterocycles. The Hall–Kier alpha value is -3.99. The summed E-state index contributed by atoms with van der Waals surface area (Å²) in [5, 5.41) is 4.01. The molecule has 1 aliphatic heterocycles. The van der Waals surface area contributed by atoms with E-state index in [9.17, 15) is 14.4 Å². The lowest BCUT2D eigenvalue weighted by molar-refractivity contribution is 0.0918. The highest BCUT2D eigenvalue weighted by Gasteiger charge is 2.33. The van der Waals surface area contributed by atoms with Crippen LogP contribution in [-0.4, -0.2) is 54.7 Å². The summed E-state index contributed by atoms with van der Waals surface area (Å²) in [6.07, 6.45) is 6.43. The average Bonchev–Trinajstić information content (AvgIpc) is 3.27. The predicted molar refractivity (Wildman–Crippen MR) is 150 cm³/mol. The van der Waals surface area contributed by atoms with Gasteiger partial charge in [-0.25, -0.2) is 14.8 Å². The van der Waals surface area contributed by atoms with E-state index in [1.54, 1.807) is 13.2 Å². The van der Waals surface area contributed by atoms with Crippen LogP contribution in [0.1, 0.15) is 55.2 Å². The SMILES string of the molecule is CCn1c(N2CCC[C@@H](N)C2)c(C(=O)NC2CCC2)c2c1c(=O)n(Cc1ncc3ccccc3n1)c(=O)n2C. The minimum Gasteiger partial charge on any atom is -0.356 e. The van der Waals surface area contributed by atoms with Crippen LogP contribution in [0.4, 0.5) is 5.82 Å². The van der Waals surface area contributed by atoms with E-state index >= 15 is 0 Å². The molecular weight excluding hydrogens is 496 g/mol. The van der Waals surface area contributed by atoms with Gasteiger partial charge in [-0.2, -0.15) is 0 Å². The lowest BCUT2D eigenvalue weighted by Crippen LogP contribution is -2.45. The van der Waals surface area contributed by atoms with Gasteiger partial charge in [-0.15, -0.1) is 0 Å². The van der Waals surface area contributed by atoms with Crippen LogP contribution in [0.2, 0.25) is 0 Å². The number of hydrogen-bond acceptors (Lipinski definition) is 7. The standard InChI is InChI=1S/C28H34N8O3/c1-3-35-24-23(22(25(37)31-19-10-6-11-19)26(35)34-13-7-9-18(29)15-34)33(2)28(39)36(27(24)38)16-21-30-14-17-8-4-5-12-20(17)32-21/h4-5,8,12,14,18-19H,3,6-7,9-11,13,15-16,29H2,1-2H3,(H,31,37)/t18-/m1/s1. The summed E-state index contributed by atoms with van der Waals surface area (Å²) in [6.45, 7) is 3.62. The molecule has 1 atom stereocenters. The molecule has 1 aromatic carbocycles. The van der Waals surface area contributed by atoms with Gasteiger partial charge in [0, 0.05) is 50.3 Å². The molecule has 3 aromatic heterocycles.